The molecule has 0 radical (unpaired) electrons. The van der Waals surface area contributed by atoms with Gasteiger partial charge in [0.15, 0.2) is 0 Å². The predicted molar refractivity (Wildman–Crippen MR) is 73.6 cm³/mol. The van der Waals surface area contributed by atoms with E-state index in [1.807, 2.05) is 17.4 Å². The summed E-state index contributed by atoms with van der Waals surface area (Å²) >= 11 is 1.91. The van der Waals surface area contributed by atoms with Crippen molar-refractivity contribution >= 4 is 38.1 Å². The van der Waals surface area contributed by atoms with Crippen molar-refractivity contribution in [2.75, 3.05) is 0 Å². The Balaban J connectivity index is 2.21. The van der Waals surface area contributed by atoms with Gasteiger partial charge in [0.25, 0.3) is 0 Å². The molecule has 3 rings (SSSR count). The molecule has 15 heavy (non-hydrogen) atoms. The maximum atomic E-state index is 4.66. The molecule has 2 aromatic rings. The van der Waals surface area contributed by atoms with Crippen LogP contribution in [0.25, 0.3) is 16.6 Å². The van der Waals surface area contributed by atoms with Crippen molar-refractivity contribution < 1.29 is 0 Å². The van der Waals surface area contributed by atoms with Gasteiger partial charge in [0.2, 0.25) is 0 Å². The molecular weight excluding hydrogens is 317 g/mol. The van der Waals surface area contributed by atoms with Crippen LogP contribution in [-0.2, 0) is 0 Å². The van der Waals surface area contributed by atoms with E-state index in [0.717, 1.165) is 5.01 Å². The van der Waals surface area contributed by atoms with Gasteiger partial charge < -0.3 is 0 Å². The molecule has 0 bridgehead atoms. The Morgan fingerprint density at radius 2 is 2.00 bits per heavy atom. The number of fused-ring (bicyclic) bond motifs is 1. The first kappa shape index (κ1) is 9.42. The van der Waals surface area contributed by atoms with Gasteiger partial charge in [0.1, 0.15) is 5.01 Å². The Hall–Kier alpha value is -0.810. The van der Waals surface area contributed by atoms with Gasteiger partial charge in [-0.2, -0.15) is 0 Å². The minimum atomic E-state index is 0.0681. The Morgan fingerprint density at radius 3 is 2.80 bits per heavy atom. The first-order chi connectivity index (χ1) is 7.43. The molecule has 0 amide bonds. The van der Waals surface area contributed by atoms with Crippen LogP contribution in [0.4, 0.5) is 0 Å². The van der Waals surface area contributed by atoms with Crippen LogP contribution in [0, 0.1) is 2.47 Å². The molecule has 1 aromatic carbocycles. The van der Waals surface area contributed by atoms with Crippen LogP contribution in [0.2, 0.25) is 0 Å². The molecule has 0 atom stereocenters. The van der Waals surface area contributed by atoms with Crippen molar-refractivity contribution in [2.24, 2.45) is 0 Å². The van der Waals surface area contributed by atoms with E-state index in [1.165, 1.54) is 13.4 Å². The molecule has 0 spiro atoms. The molecule has 0 saturated heterocycles. The average Bonchev–Trinajstić information content (AvgIpc) is 2.74. The number of benzene rings is 1. The van der Waals surface area contributed by atoms with E-state index in [1.54, 1.807) is 0 Å². The Morgan fingerprint density at radius 1 is 1.13 bits per heavy atom. The molecule has 0 unspecified atom stereocenters. The first-order valence-electron chi connectivity index (χ1n) is 4.63. The fourth-order valence-corrected chi connectivity index (χ4v) is 4.96. The number of thiazole rings is 1. The second-order valence-electron chi connectivity index (χ2n) is 3.14. The van der Waals surface area contributed by atoms with E-state index in [4.69, 9.17) is 0 Å². The Bertz CT molecular complexity index is 590. The summed E-state index contributed by atoms with van der Waals surface area (Å²) in [4.78, 5) is 4.66. The fraction of sp³-hybridized carbons (Fsp3) is 0. The molecule has 1 aromatic heterocycles. The van der Waals surface area contributed by atoms with Gasteiger partial charge in [0, 0.05) is 5.56 Å². The highest BCUT2D eigenvalue weighted by atomic mass is 127. The van der Waals surface area contributed by atoms with Crippen molar-refractivity contribution in [3.63, 3.8) is 0 Å². The fourth-order valence-electron chi connectivity index (χ4n) is 1.42. The van der Waals surface area contributed by atoms with E-state index in [-0.39, 0.29) is 20.7 Å². The minimum Gasteiger partial charge on any atom is -0.236 e. The third-order valence-electron chi connectivity index (χ3n) is 2.12. The van der Waals surface area contributed by atoms with Crippen LogP contribution >= 0.6 is 32.1 Å². The smallest absolute Gasteiger partial charge is 0.125 e. The van der Waals surface area contributed by atoms with Crippen LogP contribution in [0.5, 0.6) is 0 Å². The van der Waals surface area contributed by atoms with E-state index in [2.05, 4.69) is 45.5 Å². The van der Waals surface area contributed by atoms with Gasteiger partial charge in [-0.3, -0.25) is 0 Å². The Labute approximate surface area is 102 Å². The summed E-state index contributed by atoms with van der Waals surface area (Å²) in [5.74, 6) is 0. The molecular formula is C12H8INS. The molecule has 0 saturated carbocycles. The normalized spacial score (nSPS) is 13.3. The number of hydrogen-bond donors (Lipinski definition) is 0. The number of aromatic nitrogens is 1. The molecule has 0 N–H and O–H groups in total. The lowest BCUT2D eigenvalue weighted by Gasteiger charge is -1.91. The molecule has 2 heterocycles. The third kappa shape index (κ3) is 1.81. The largest absolute Gasteiger partial charge is 0.236 e. The summed E-state index contributed by atoms with van der Waals surface area (Å²) in [5.41, 5.74) is 1.23. The van der Waals surface area contributed by atoms with Gasteiger partial charge in [-0.1, -0.05) is 57.1 Å². The lowest BCUT2D eigenvalue weighted by molar-refractivity contribution is 1.33. The van der Waals surface area contributed by atoms with Crippen LogP contribution in [0.15, 0.2) is 40.5 Å². The first-order valence-corrected chi connectivity index (χ1v) is 7.77. The van der Waals surface area contributed by atoms with E-state index >= 15 is 0 Å². The van der Waals surface area contributed by atoms with Crippen molar-refractivity contribution in [3.05, 3.63) is 48.3 Å². The monoisotopic (exact) mass is 325 g/mol. The molecule has 1 aliphatic rings. The summed E-state index contributed by atoms with van der Waals surface area (Å²) in [7, 11) is 0. The van der Waals surface area contributed by atoms with Crippen molar-refractivity contribution in [3.8, 4) is 10.6 Å². The standard InChI is InChI=1S/C12H8INS/c1-2-5-9(6-3-1)12-14-10-7-4-8-13-11(10)15-12/h1-8H. The summed E-state index contributed by atoms with van der Waals surface area (Å²) in [6, 6.07) is 10.4. The molecule has 0 aliphatic carbocycles. The van der Waals surface area contributed by atoms with Crippen molar-refractivity contribution in [1.29, 1.82) is 0 Å². The maximum Gasteiger partial charge on any atom is 0.125 e. The molecule has 1 nitrogen and oxygen atoms in total. The maximum absolute atomic E-state index is 4.66. The summed E-state index contributed by atoms with van der Waals surface area (Å²) in [6.45, 7) is 0. The quantitative estimate of drug-likeness (QED) is 0.733. The lowest BCUT2D eigenvalue weighted by atomic mass is 10.2. The van der Waals surface area contributed by atoms with Gasteiger partial charge >= 0.3 is 0 Å². The van der Waals surface area contributed by atoms with Crippen LogP contribution in [-0.4, -0.2) is 4.98 Å². The third-order valence-corrected chi connectivity index (χ3v) is 6.18. The topological polar surface area (TPSA) is 12.9 Å². The Kier molecular flexibility index (Phi) is 2.50. The zero-order valence-corrected chi connectivity index (χ0v) is 10.8. The van der Waals surface area contributed by atoms with E-state index in [9.17, 15) is 0 Å². The SMILES string of the molecule is C1=CI=c2sc(-c3ccccc3)nc2=C1. The van der Waals surface area contributed by atoms with Crippen molar-refractivity contribution in [1.82, 2.24) is 4.98 Å². The van der Waals surface area contributed by atoms with Gasteiger partial charge in [-0.25, -0.2) is 4.98 Å². The van der Waals surface area contributed by atoms with Gasteiger partial charge in [-0.05, 0) is 10.2 Å². The second-order valence-corrected chi connectivity index (χ2v) is 7.29. The lowest BCUT2D eigenvalue weighted by Crippen LogP contribution is -2.01. The average molecular weight is 325 g/mol. The zero-order chi connectivity index (χ0) is 10.1. The van der Waals surface area contributed by atoms with Crippen LogP contribution in [0.1, 0.15) is 0 Å². The van der Waals surface area contributed by atoms with Crippen LogP contribution in [0.3, 0.4) is 0 Å². The summed E-state index contributed by atoms with van der Waals surface area (Å²) in [6.07, 6.45) is 4.24. The van der Waals surface area contributed by atoms with E-state index < -0.39 is 0 Å². The summed E-state index contributed by atoms with van der Waals surface area (Å²) in [5, 5.41) is 2.34. The molecule has 74 valence electrons. The highest BCUT2D eigenvalue weighted by molar-refractivity contribution is 14.2. The summed E-state index contributed by atoms with van der Waals surface area (Å²) < 4.78 is 3.77. The van der Waals surface area contributed by atoms with Crippen LogP contribution < -0.4 is 5.35 Å². The van der Waals surface area contributed by atoms with Gasteiger partial charge in [0.05, 0.1) is 7.82 Å². The van der Waals surface area contributed by atoms with Gasteiger partial charge in [-0.15, -0.1) is 11.3 Å². The number of halogens is 1. The zero-order valence-electron chi connectivity index (χ0n) is 7.85. The molecule has 3 heteroatoms. The highest BCUT2D eigenvalue weighted by Gasteiger charge is 2.03. The number of rotatable bonds is 1. The molecule has 1 aliphatic heterocycles. The number of nitrogens with zero attached hydrogens (tertiary/aromatic N) is 1. The minimum absolute atomic E-state index is 0.0681. The highest BCUT2D eigenvalue weighted by Crippen LogP contribution is 2.23. The van der Waals surface area contributed by atoms with Crippen molar-refractivity contribution in [2.45, 2.75) is 0 Å². The van der Waals surface area contributed by atoms with E-state index in [0.29, 0.717) is 0 Å². The predicted octanol–water partition coefficient (Wildman–Crippen LogP) is 3.34. The second kappa shape index (κ2) is 3.98. The number of hydrogen-bond acceptors (Lipinski definition) is 2. The number of allylic oxidation sites excluding steroid dienone is 1. The molecule has 0 fully saturated rings.